The molecule has 1 amide bonds. The Morgan fingerprint density at radius 2 is 1.59 bits per heavy atom. The normalized spacial score (nSPS) is 11.0. The minimum absolute atomic E-state index is 0.195. The number of carbonyl (C=O) groups is 1. The Morgan fingerprint density at radius 1 is 0.966 bits per heavy atom. The Hall–Kier alpha value is -3.39. The molecule has 0 aliphatic carbocycles. The van der Waals surface area contributed by atoms with Gasteiger partial charge in [0, 0.05) is 12.7 Å². The van der Waals surface area contributed by atoms with E-state index in [-0.39, 0.29) is 11.5 Å². The van der Waals surface area contributed by atoms with Crippen molar-refractivity contribution in [3.8, 4) is 5.75 Å². The van der Waals surface area contributed by atoms with Crippen molar-refractivity contribution in [1.82, 2.24) is 0 Å². The molecule has 1 N–H and O–H groups in total. The summed E-state index contributed by atoms with van der Waals surface area (Å²) in [7, 11) is -2.20. The number of halogens is 1. The molecule has 0 saturated carbocycles. The Kier molecular flexibility index (Phi) is 6.13. The molecule has 6 nitrogen and oxygen atoms in total. The van der Waals surface area contributed by atoms with E-state index in [1.165, 1.54) is 47.8 Å². The molecule has 0 fully saturated rings. The number of amides is 1. The van der Waals surface area contributed by atoms with Crippen molar-refractivity contribution in [2.45, 2.75) is 4.90 Å². The molecule has 0 aliphatic heterocycles. The van der Waals surface area contributed by atoms with Crippen LogP contribution in [0, 0.1) is 5.82 Å². The zero-order chi connectivity index (χ0) is 20.9. The SMILES string of the molecule is CN(c1ccc(OCC(=O)Nc2ccc(F)cc2)cc1)S(=O)(=O)c1ccccc1. The largest absolute Gasteiger partial charge is 0.484 e. The van der Waals surface area contributed by atoms with E-state index in [0.29, 0.717) is 17.1 Å². The first-order valence-corrected chi connectivity index (χ1v) is 10.1. The van der Waals surface area contributed by atoms with E-state index < -0.39 is 21.7 Å². The molecule has 0 aliphatic rings. The van der Waals surface area contributed by atoms with Gasteiger partial charge in [-0.2, -0.15) is 0 Å². The van der Waals surface area contributed by atoms with Crippen LogP contribution >= 0.6 is 0 Å². The summed E-state index contributed by atoms with van der Waals surface area (Å²) in [6.45, 7) is -0.241. The summed E-state index contributed by atoms with van der Waals surface area (Å²) in [5.74, 6) is -0.378. The van der Waals surface area contributed by atoms with Crippen LogP contribution in [-0.4, -0.2) is 28.0 Å². The molecule has 0 unspecified atom stereocenters. The van der Waals surface area contributed by atoms with Gasteiger partial charge in [-0.05, 0) is 60.7 Å². The second-order valence-electron chi connectivity index (χ2n) is 6.12. The summed E-state index contributed by atoms with van der Waals surface area (Å²) in [4.78, 5) is 12.1. The lowest BCUT2D eigenvalue weighted by molar-refractivity contribution is -0.118. The van der Waals surface area contributed by atoms with Gasteiger partial charge >= 0.3 is 0 Å². The summed E-state index contributed by atoms with van der Waals surface area (Å²) in [6.07, 6.45) is 0. The zero-order valence-corrected chi connectivity index (χ0v) is 16.4. The van der Waals surface area contributed by atoms with Crippen molar-refractivity contribution < 1.29 is 22.3 Å². The Labute approximate surface area is 168 Å². The molecule has 150 valence electrons. The second kappa shape index (κ2) is 8.74. The van der Waals surface area contributed by atoms with Gasteiger partial charge in [0.25, 0.3) is 15.9 Å². The Bertz CT molecular complexity index is 1070. The second-order valence-corrected chi connectivity index (χ2v) is 8.09. The smallest absolute Gasteiger partial charge is 0.264 e. The Morgan fingerprint density at radius 3 is 2.21 bits per heavy atom. The van der Waals surface area contributed by atoms with E-state index in [1.54, 1.807) is 42.5 Å². The van der Waals surface area contributed by atoms with E-state index in [4.69, 9.17) is 4.74 Å². The predicted molar refractivity (Wildman–Crippen MR) is 109 cm³/mol. The Balaban J connectivity index is 1.60. The van der Waals surface area contributed by atoms with Crippen LogP contribution in [0.1, 0.15) is 0 Å². The highest BCUT2D eigenvalue weighted by Gasteiger charge is 2.20. The van der Waals surface area contributed by atoms with Crippen LogP contribution in [0.5, 0.6) is 5.75 Å². The number of rotatable bonds is 7. The minimum atomic E-state index is -3.67. The third-order valence-corrected chi connectivity index (χ3v) is 5.90. The molecule has 3 rings (SSSR count). The topological polar surface area (TPSA) is 75.7 Å². The third-order valence-electron chi connectivity index (χ3n) is 4.10. The number of hydrogen-bond acceptors (Lipinski definition) is 4. The zero-order valence-electron chi connectivity index (χ0n) is 15.6. The van der Waals surface area contributed by atoms with E-state index in [9.17, 15) is 17.6 Å². The lowest BCUT2D eigenvalue weighted by Gasteiger charge is -2.19. The van der Waals surface area contributed by atoms with Crippen LogP contribution in [0.2, 0.25) is 0 Å². The highest BCUT2D eigenvalue weighted by atomic mass is 32.2. The van der Waals surface area contributed by atoms with Gasteiger partial charge in [-0.3, -0.25) is 9.10 Å². The van der Waals surface area contributed by atoms with Gasteiger partial charge in [0.05, 0.1) is 10.6 Å². The van der Waals surface area contributed by atoms with Crippen molar-refractivity contribution in [3.63, 3.8) is 0 Å². The minimum Gasteiger partial charge on any atom is -0.484 e. The van der Waals surface area contributed by atoms with Crippen LogP contribution in [0.4, 0.5) is 15.8 Å². The first kappa shape index (κ1) is 20.3. The number of nitrogens with one attached hydrogen (secondary N) is 1. The molecule has 0 heterocycles. The van der Waals surface area contributed by atoms with Gasteiger partial charge in [0.15, 0.2) is 6.61 Å². The average molecular weight is 414 g/mol. The van der Waals surface area contributed by atoms with Crippen molar-refractivity contribution in [1.29, 1.82) is 0 Å². The van der Waals surface area contributed by atoms with Crippen LogP contribution in [-0.2, 0) is 14.8 Å². The molecule has 0 radical (unpaired) electrons. The number of anilines is 2. The first-order chi connectivity index (χ1) is 13.9. The predicted octanol–water partition coefficient (Wildman–Crippen LogP) is 3.67. The molecule has 0 saturated heterocycles. The number of hydrogen-bond donors (Lipinski definition) is 1. The van der Waals surface area contributed by atoms with Crippen molar-refractivity contribution in [2.24, 2.45) is 0 Å². The maximum absolute atomic E-state index is 12.9. The summed E-state index contributed by atoms with van der Waals surface area (Å²) in [5, 5.41) is 2.59. The molecule has 0 aromatic heterocycles. The summed E-state index contributed by atoms with van der Waals surface area (Å²) < 4.78 is 44.8. The van der Waals surface area contributed by atoms with E-state index in [1.807, 2.05) is 0 Å². The maximum Gasteiger partial charge on any atom is 0.264 e. The van der Waals surface area contributed by atoms with Crippen LogP contribution < -0.4 is 14.4 Å². The van der Waals surface area contributed by atoms with Gasteiger partial charge in [-0.1, -0.05) is 18.2 Å². The number of sulfonamides is 1. The summed E-state index contributed by atoms with van der Waals surface area (Å²) >= 11 is 0. The number of benzene rings is 3. The van der Waals surface area contributed by atoms with Gasteiger partial charge in [0.1, 0.15) is 11.6 Å². The number of nitrogens with zero attached hydrogens (tertiary/aromatic N) is 1. The first-order valence-electron chi connectivity index (χ1n) is 8.68. The molecule has 0 spiro atoms. The molecule has 29 heavy (non-hydrogen) atoms. The fourth-order valence-corrected chi connectivity index (χ4v) is 3.74. The van der Waals surface area contributed by atoms with Crippen molar-refractivity contribution in [3.05, 3.63) is 84.7 Å². The van der Waals surface area contributed by atoms with E-state index >= 15 is 0 Å². The molecule has 3 aromatic rings. The molecule has 3 aromatic carbocycles. The quantitative estimate of drug-likeness (QED) is 0.640. The van der Waals surface area contributed by atoms with Crippen LogP contribution in [0.25, 0.3) is 0 Å². The van der Waals surface area contributed by atoms with Gasteiger partial charge in [0.2, 0.25) is 0 Å². The highest BCUT2D eigenvalue weighted by Crippen LogP contribution is 2.24. The standard InChI is InChI=1S/C21H19FN2O4S/c1-24(29(26,27)20-5-3-2-4-6-20)18-11-13-19(14-12-18)28-15-21(25)23-17-9-7-16(22)8-10-17/h2-14H,15H2,1H3,(H,23,25). The summed E-state index contributed by atoms with van der Waals surface area (Å²) in [6, 6.07) is 19.9. The van der Waals surface area contributed by atoms with E-state index in [0.717, 1.165) is 0 Å². The fourth-order valence-electron chi connectivity index (χ4n) is 2.52. The summed E-state index contributed by atoms with van der Waals surface area (Å²) in [5.41, 5.74) is 0.917. The van der Waals surface area contributed by atoms with E-state index in [2.05, 4.69) is 5.32 Å². The highest BCUT2D eigenvalue weighted by molar-refractivity contribution is 7.92. The van der Waals surface area contributed by atoms with Gasteiger partial charge < -0.3 is 10.1 Å². The third kappa shape index (κ3) is 5.11. The van der Waals surface area contributed by atoms with Crippen molar-refractivity contribution >= 4 is 27.3 Å². The maximum atomic E-state index is 12.9. The molecule has 8 heteroatoms. The average Bonchev–Trinajstić information content (AvgIpc) is 2.74. The number of ether oxygens (including phenoxy) is 1. The van der Waals surface area contributed by atoms with Gasteiger partial charge in [-0.15, -0.1) is 0 Å². The number of carbonyl (C=O) groups excluding carboxylic acids is 1. The molecular weight excluding hydrogens is 395 g/mol. The molecule has 0 bridgehead atoms. The fraction of sp³-hybridized carbons (Fsp3) is 0.0952. The lowest BCUT2D eigenvalue weighted by atomic mass is 10.3. The monoisotopic (exact) mass is 414 g/mol. The van der Waals surface area contributed by atoms with Gasteiger partial charge in [-0.25, -0.2) is 12.8 Å². The molecule has 0 atom stereocenters. The lowest BCUT2D eigenvalue weighted by Crippen LogP contribution is -2.26. The van der Waals surface area contributed by atoms with Crippen LogP contribution in [0.15, 0.2) is 83.8 Å². The van der Waals surface area contributed by atoms with Crippen LogP contribution in [0.3, 0.4) is 0 Å². The van der Waals surface area contributed by atoms with Crippen molar-refractivity contribution in [2.75, 3.05) is 23.3 Å². The molecular formula is C21H19FN2O4S.